The van der Waals surface area contributed by atoms with Gasteiger partial charge in [0.2, 0.25) is 0 Å². The highest BCUT2D eigenvalue weighted by Gasteiger charge is 2.22. The van der Waals surface area contributed by atoms with Gasteiger partial charge in [0.1, 0.15) is 11.9 Å². The minimum atomic E-state index is -2.89. The fourth-order valence-corrected chi connectivity index (χ4v) is 1.20. The average Bonchev–Trinajstić information content (AvgIpc) is 2.10. The second-order valence-corrected chi connectivity index (χ2v) is 3.27. The molecule has 4 heteroatoms. The maximum atomic E-state index is 12.2. The third kappa shape index (κ3) is 2.01. The Morgan fingerprint density at radius 3 is 2.14 bits per heavy atom. The summed E-state index contributed by atoms with van der Waals surface area (Å²) in [6.07, 6.45) is -4.81. The summed E-state index contributed by atoms with van der Waals surface area (Å²) in [6.45, 7) is 3.49. The lowest BCUT2D eigenvalue weighted by Gasteiger charge is -2.13. The maximum absolute atomic E-state index is 12.2. The molecule has 78 valence electrons. The number of rotatable bonds is 2. The number of phenolic OH excluding ortho intramolecular Hbond substituents is 1. The molecule has 0 aliphatic carbocycles. The second-order valence-electron chi connectivity index (χ2n) is 3.27. The van der Waals surface area contributed by atoms with Crippen LogP contribution < -0.4 is 0 Å². The zero-order valence-corrected chi connectivity index (χ0v) is 7.96. The molecule has 1 aromatic carbocycles. The fourth-order valence-electron chi connectivity index (χ4n) is 1.20. The van der Waals surface area contributed by atoms with Crippen molar-refractivity contribution < 1.29 is 19.0 Å². The molecule has 2 nitrogen and oxygen atoms in total. The van der Waals surface area contributed by atoms with Crippen molar-refractivity contribution >= 4 is 0 Å². The maximum Gasteiger partial charge on any atom is 0.268 e. The summed E-state index contributed by atoms with van der Waals surface area (Å²) in [5, 5.41) is 18.4. The van der Waals surface area contributed by atoms with E-state index >= 15 is 0 Å². The number of aliphatic hydroxyl groups excluding tert-OH is 1. The van der Waals surface area contributed by atoms with Gasteiger partial charge in [-0.2, -0.15) is 0 Å². The van der Waals surface area contributed by atoms with E-state index in [4.69, 9.17) is 5.11 Å². The Morgan fingerprint density at radius 1 is 1.14 bits per heavy atom. The van der Waals surface area contributed by atoms with Gasteiger partial charge in [0.05, 0.1) is 0 Å². The third-order valence-electron chi connectivity index (χ3n) is 2.20. The highest BCUT2D eigenvalue weighted by Crippen LogP contribution is 2.30. The minimum absolute atomic E-state index is 0.122. The van der Waals surface area contributed by atoms with Gasteiger partial charge in [-0.1, -0.05) is 0 Å². The van der Waals surface area contributed by atoms with E-state index in [1.54, 1.807) is 13.8 Å². The first-order valence-electron chi connectivity index (χ1n) is 4.19. The average molecular weight is 202 g/mol. The Labute approximate surface area is 80.8 Å². The molecule has 0 amide bonds. The third-order valence-corrected chi connectivity index (χ3v) is 2.20. The molecule has 2 N–H and O–H groups in total. The van der Waals surface area contributed by atoms with Crippen LogP contribution in [-0.4, -0.2) is 16.6 Å². The smallest absolute Gasteiger partial charge is 0.268 e. The summed E-state index contributed by atoms with van der Waals surface area (Å²) in [5.74, 6) is -0.291. The van der Waals surface area contributed by atoms with Crippen LogP contribution >= 0.6 is 0 Å². The van der Waals surface area contributed by atoms with Crippen molar-refractivity contribution in [2.75, 3.05) is 0 Å². The number of phenols is 1. The molecule has 14 heavy (non-hydrogen) atoms. The molecule has 0 radical (unpaired) electrons. The Bertz CT molecular complexity index is 337. The lowest BCUT2D eigenvalue weighted by atomic mass is 10.0. The van der Waals surface area contributed by atoms with Crippen LogP contribution in [0.5, 0.6) is 5.75 Å². The SMILES string of the molecule is Cc1cc(O)c(C(O)C(F)F)cc1C. The molecule has 1 unspecified atom stereocenters. The number of alkyl halides is 2. The molecule has 0 aliphatic heterocycles. The van der Waals surface area contributed by atoms with Gasteiger partial charge in [-0.05, 0) is 37.1 Å². The number of halogens is 2. The fraction of sp³-hybridized carbons (Fsp3) is 0.400. The summed E-state index contributed by atoms with van der Waals surface area (Å²) in [6, 6.07) is 2.75. The van der Waals surface area contributed by atoms with E-state index in [1.165, 1.54) is 12.1 Å². The van der Waals surface area contributed by atoms with E-state index in [0.717, 1.165) is 11.1 Å². The van der Waals surface area contributed by atoms with Gasteiger partial charge in [-0.25, -0.2) is 8.78 Å². The van der Waals surface area contributed by atoms with Gasteiger partial charge >= 0.3 is 0 Å². The predicted molar refractivity (Wildman–Crippen MR) is 48.5 cm³/mol. The van der Waals surface area contributed by atoms with Gasteiger partial charge in [0.25, 0.3) is 6.43 Å². The number of hydrogen-bond acceptors (Lipinski definition) is 2. The molecule has 0 bridgehead atoms. The zero-order chi connectivity index (χ0) is 10.9. The molecule has 0 spiro atoms. The highest BCUT2D eigenvalue weighted by atomic mass is 19.3. The Hall–Kier alpha value is -1.16. The van der Waals surface area contributed by atoms with E-state index in [0.29, 0.717) is 0 Å². The first kappa shape index (κ1) is 10.9. The first-order chi connectivity index (χ1) is 6.43. The van der Waals surface area contributed by atoms with Crippen molar-refractivity contribution in [2.24, 2.45) is 0 Å². The van der Waals surface area contributed by atoms with Crippen LogP contribution in [-0.2, 0) is 0 Å². The normalized spacial score (nSPS) is 13.3. The van der Waals surface area contributed by atoms with Gasteiger partial charge in [0.15, 0.2) is 0 Å². The summed E-state index contributed by atoms with van der Waals surface area (Å²) < 4.78 is 24.3. The van der Waals surface area contributed by atoms with Crippen LogP contribution in [0.4, 0.5) is 8.78 Å². The van der Waals surface area contributed by atoms with Crippen LogP contribution in [0.3, 0.4) is 0 Å². The van der Waals surface area contributed by atoms with Crippen LogP contribution in [0, 0.1) is 13.8 Å². The number of hydrogen-bond donors (Lipinski definition) is 2. The van der Waals surface area contributed by atoms with E-state index in [1.807, 2.05) is 0 Å². The highest BCUT2D eigenvalue weighted by molar-refractivity contribution is 5.42. The second kappa shape index (κ2) is 3.92. The largest absolute Gasteiger partial charge is 0.508 e. The molecule has 0 saturated heterocycles. The Morgan fingerprint density at radius 2 is 1.64 bits per heavy atom. The predicted octanol–water partition coefficient (Wildman–Crippen LogP) is 2.31. The molecular weight excluding hydrogens is 190 g/mol. The van der Waals surface area contributed by atoms with Crippen molar-refractivity contribution in [3.8, 4) is 5.75 Å². The van der Waals surface area contributed by atoms with Crippen molar-refractivity contribution in [1.82, 2.24) is 0 Å². The summed E-state index contributed by atoms with van der Waals surface area (Å²) in [7, 11) is 0. The number of aromatic hydroxyl groups is 1. The first-order valence-corrected chi connectivity index (χ1v) is 4.19. The summed E-state index contributed by atoms with van der Waals surface area (Å²) in [5.41, 5.74) is 1.44. The molecule has 0 heterocycles. The zero-order valence-electron chi connectivity index (χ0n) is 7.96. The quantitative estimate of drug-likeness (QED) is 0.772. The number of aryl methyl sites for hydroxylation is 2. The molecule has 0 aliphatic rings. The lowest BCUT2D eigenvalue weighted by molar-refractivity contribution is -0.00701. The van der Waals surface area contributed by atoms with Crippen molar-refractivity contribution in [3.05, 3.63) is 28.8 Å². The molecule has 1 atom stereocenters. The van der Waals surface area contributed by atoms with Crippen LogP contribution in [0.2, 0.25) is 0 Å². The molecule has 0 fully saturated rings. The molecule has 0 aromatic heterocycles. The summed E-state index contributed by atoms with van der Waals surface area (Å²) >= 11 is 0. The lowest BCUT2D eigenvalue weighted by Crippen LogP contribution is -2.08. The van der Waals surface area contributed by atoms with Crippen molar-refractivity contribution in [3.63, 3.8) is 0 Å². The topological polar surface area (TPSA) is 40.5 Å². The molecule has 0 saturated carbocycles. The van der Waals surface area contributed by atoms with E-state index in [9.17, 15) is 13.9 Å². The van der Waals surface area contributed by atoms with Crippen LogP contribution in [0.15, 0.2) is 12.1 Å². The van der Waals surface area contributed by atoms with Gasteiger partial charge < -0.3 is 10.2 Å². The Balaban J connectivity index is 3.15. The molecule has 1 rings (SSSR count). The van der Waals surface area contributed by atoms with Crippen LogP contribution in [0.1, 0.15) is 22.8 Å². The van der Waals surface area contributed by atoms with Crippen molar-refractivity contribution in [2.45, 2.75) is 26.4 Å². The van der Waals surface area contributed by atoms with Gasteiger partial charge in [-0.15, -0.1) is 0 Å². The van der Waals surface area contributed by atoms with Gasteiger partial charge in [0, 0.05) is 5.56 Å². The van der Waals surface area contributed by atoms with Crippen molar-refractivity contribution in [1.29, 1.82) is 0 Å². The number of aliphatic hydroxyl groups is 1. The standard InChI is InChI=1S/C10H12F2O2/c1-5-3-7(9(14)10(11)12)8(13)4-6(5)2/h3-4,9-10,13-14H,1-2H3. The van der Waals surface area contributed by atoms with Crippen LogP contribution in [0.25, 0.3) is 0 Å². The Kier molecular flexibility index (Phi) is 3.06. The molecule has 1 aromatic rings. The number of benzene rings is 1. The van der Waals surface area contributed by atoms with E-state index < -0.39 is 12.5 Å². The monoisotopic (exact) mass is 202 g/mol. The minimum Gasteiger partial charge on any atom is -0.508 e. The molecular formula is C10H12F2O2. The van der Waals surface area contributed by atoms with Gasteiger partial charge in [-0.3, -0.25) is 0 Å². The summed E-state index contributed by atoms with van der Waals surface area (Å²) in [4.78, 5) is 0. The van der Waals surface area contributed by atoms with E-state index in [2.05, 4.69) is 0 Å². The van der Waals surface area contributed by atoms with E-state index in [-0.39, 0.29) is 11.3 Å².